The van der Waals surface area contributed by atoms with Crippen molar-refractivity contribution in [3.8, 4) is 39.8 Å². The average Bonchev–Trinajstić information content (AvgIpc) is 2.69. The average molecular weight is 325 g/mol. The third-order valence-corrected chi connectivity index (χ3v) is 3.87. The molecule has 0 saturated heterocycles. The molecule has 0 atom stereocenters. The van der Waals surface area contributed by atoms with Gasteiger partial charge >= 0.3 is 0 Å². The summed E-state index contributed by atoms with van der Waals surface area (Å²) in [4.78, 5) is 13.7. The molecule has 120 valence electrons. The normalized spacial score (nSPS) is 10.6. The Morgan fingerprint density at radius 2 is 1.08 bits per heavy atom. The van der Waals surface area contributed by atoms with Crippen LogP contribution in [-0.4, -0.2) is 20.1 Å². The number of aromatic hydroxyl groups is 1. The van der Waals surface area contributed by atoms with Crippen LogP contribution in [0, 0.1) is 0 Å². The first-order valence-corrected chi connectivity index (χ1v) is 7.95. The smallest absolute Gasteiger partial charge is 0.124 e. The second-order valence-electron chi connectivity index (χ2n) is 5.55. The number of aromatic nitrogens is 3. The molecule has 0 aliphatic rings. The third kappa shape index (κ3) is 3.10. The van der Waals surface area contributed by atoms with Crippen LogP contribution >= 0.6 is 0 Å². The second kappa shape index (κ2) is 6.53. The van der Waals surface area contributed by atoms with E-state index in [-0.39, 0.29) is 5.75 Å². The molecule has 0 saturated carbocycles. The number of phenols is 1. The van der Waals surface area contributed by atoms with E-state index in [1.54, 1.807) is 18.3 Å². The number of benzene rings is 1. The summed E-state index contributed by atoms with van der Waals surface area (Å²) >= 11 is 0. The standard InChI is InChI=1S/C21H15N3O/c25-21-13-2-1-7-15(21)16-9-5-11-19(23-16)20-12-6-10-18(24-20)17-8-3-4-14-22-17/h1-14,25H. The van der Waals surface area contributed by atoms with Crippen molar-refractivity contribution in [3.63, 3.8) is 0 Å². The molecule has 0 radical (unpaired) electrons. The Morgan fingerprint density at radius 1 is 0.520 bits per heavy atom. The highest BCUT2D eigenvalue weighted by atomic mass is 16.3. The van der Waals surface area contributed by atoms with Gasteiger partial charge in [0.2, 0.25) is 0 Å². The van der Waals surface area contributed by atoms with E-state index in [9.17, 15) is 5.11 Å². The molecule has 4 heteroatoms. The lowest BCUT2D eigenvalue weighted by molar-refractivity contribution is 0.477. The van der Waals surface area contributed by atoms with Crippen molar-refractivity contribution in [1.82, 2.24) is 15.0 Å². The van der Waals surface area contributed by atoms with Crippen molar-refractivity contribution in [2.24, 2.45) is 0 Å². The molecule has 4 rings (SSSR count). The molecule has 0 fully saturated rings. The quantitative estimate of drug-likeness (QED) is 0.599. The van der Waals surface area contributed by atoms with E-state index in [0.29, 0.717) is 11.3 Å². The van der Waals surface area contributed by atoms with Crippen LogP contribution in [0.1, 0.15) is 0 Å². The number of rotatable bonds is 3. The molecule has 0 aliphatic heterocycles. The monoisotopic (exact) mass is 325 g/mol. The predicted octanol–water partition coefficient (Wildman–Crippen LogP) is 4.58. The van der Waals surface area contributed by atoms with Crippen molar-refractivity contribution >= 4 is 0 Å². The summed E-state index contributed by atoms with van der Waals surface area (Å²) in [7, 11) is 0. The summed E-state index contributed by atoms with van der Waals surface area (Å²) in [5, 5.41) is 10.1. The van der Waals surface area contributed by atoms with Crippen LogP contribution in [-0.2, 0) is 0 Å². The zero-order chi connectivity index (χ0) is 17.1. The lowest BCUT2D eigenvalue weighted by Crippen LogP contribution is -1.93. The Kier molecular flexibility index (Phi) is 3.92. The molecule has 25 heavy (non-hydrogen) atoms. The van der Waals surface area contributed by atoms with Crippen molar-refractivity contribution in [2.45, 2.75) is 0 Å². The second-order valence-corrected chi connectivity index (χ2v) is 5.55. The summed E-state index contributed by atoms with van der Waals surface area (Å²) in [6, 6.07) is 24.4. The zero-order valence-corrected chi connectivity index (χ0v) is 13.4. The highest BCUT2D eigenvalue weighted by molar-refractivity contribution is 5.70. The summed E-state index contributed by atoms with van der Waals surface area (Å²) < 4.78 is 0. The van der Waals surface area contributed by atoms with Crippen LogP contribution < -0.4 is 0 Å². The maximum Gasteiger partial charge on any atom is 0.124 e. The minimum Gasteiger partial charge on any atom is -0.507 e. The van der Waals surface area contributed by atoms with Gasteiger partial charge in [0.15, 0.2) is 0 Å². The lowest BCUT2D eigenvalue weighted by Gasteiger charge is -2.07. The van der Waals surface area contributed by atoms with Crippen LogP contribution in [0.25, 0.3) is 34.0 Å². The number of phenolic OH excluding ortho intramolecular Hbond substituents is 1. The van der Waals surface area contributed by atoms with E-state index in [1.165, 1.54) is 0 Å². The van der Waals surface area contributed by atoms with Crippen molar-refractivity contribution < 1.29 is 5.11 Å². The SMILES string of the molecule is Oc1ccccc1-c1cccc(-c2cccc(-c3ccccn3)n2)n1. The Hall–Kier alpha value is -3.53. The van der Waals surface area contributed by atoms with Gasteiger partial charge in [-0.2, -0.15) is 0 Å². The Labute approximate surface area is 145 Å². The van der Waals surface area contributed by atoms with Gasteiger partial charge < -0.3 is 5.11 Å². The van der Waals surface area contributed by atoms with Crippen LogP contribution in [0.2, 0.25) is 0 Å². The fourth-order valence-electron chi connectivity index (χ4n) is 2.65. The first-order chi connectivity index (χ1) is 12.3. The summed E-state index contributed by atoms with van der Waals surface area (Å²) in [5.41, 5.74) is 4.54. The lowest BCUT2D eigenvalue weighted by atomic mass is 10.1. The molecule has 1 aromatic carbocycles. The molecule has 0 bridgehead atoms. The zero-order valence-electron chi connectivity index (χ0n) is 13.4. The maximum absolute atomic E-state index is 10.1. The van der Waals surface area contributed by atoms with Crippen LogP contribution in [0.4, 0.5) is 0 Å². The molecule has 0 spiro atoms. The maximum atomic E-state index is 10.1. The molecule has 3 heterocycles. The highest BCUT2D eigenvalue weighted by Gasteiger charge is 2.09. The van der Waals surface area contributed by atoms with Crippen molar-refractivity contribution in [3.05, 3.63) is 85.1 Å². The Morgan fingerprint density at radius 3 is 1.76 bits per heavy atom. The topological polar surface area (TPSA) is 58.9 Å². The van der Waals surface area contributed by atoms with Crippen molar-refractivity contribution in [2.75, 3.05) is 0 Å². The highest BCUT2D eigenvalue weighted by Crippen LogP contribution is 2.29. The first kappa shape index (κ1) is 15.0. The summed E-state index contributed by atoms with van der Waals surface area (Å²) in [6.45, 7) is 0. The molecule has 4 nitrogen and oxygen atoms in total. The molecule has 0 unspecified atom stereocenters. The van der Waals surface area contributed by atoms with Gasteiger partial charge in [0, 0.05) is 11.8 Å². The molecular weight excluding hydrogens is 310 g/mol. The molecule has 3 aromatic heterocycles. The molecule has 0 amide bonds. The summed E-state index contributed by atoms with van der Waals surface area (Å²) in [6.07, 6.45) is 1.75. The van der Waals surface area contributed by atoms with Gasteiger partial charge in [-0.05, 0) is 48.5 Å². The predicted molar refractivity (Wildman–Crippen MR) is 97.8 cm³/mol. The van der Waals surface area contributed by atoms with Crippen LogP contribution in [0.5, 0.6) is 5.75 Å². The van der Waals surface area contributed by atoms with Crippen LogP contribution in [0.15, 0.2) is 85.1 Å². The molecule has 1 N–H and O–H groups in total. The minimum atomic E-state index is 0.211. The van der Waals surface area contributed by atoms with Gasteiger partial charge in [0.25, 0.3) is 0 Å². The van der Waals surface area contributed by atoms with Crippen LogP contribution in [0.3, 0.4) is 0 Å². The van der Waals surface area contributed by atoms with Gasteiger partial charge in [0.1, 0.15) is 5.75 Å². The Bertz CT molecular complexity index is 1020. The third-order valence-electron chi connectivity index (χ3n) is 3.87. The first-order valence-electron chi connectivity index (χ1n) is 7.95. The minimum absolute atomic E-state index is 0.211. The number of nitrogens with zero attached hydrogens (tertiary/aromatic N) is 3. The molecular formula is C21H15N3O. The number of hydrogen-bond donors (Lipinski definition) is 1. The Balaban J connectivity index is 1.76. The number of hydrogen-bond acceptors (Lipinski definition) is 4. The van der Waals surface area contributed by atoms with E-state index in [4.69, 9.17) is 0 Å². The van der Waals surface area contributed by atoms with E-state index >= 15 is 0 Å². The van der Waals surface area contributed by atoms with E-state index in [1.807, 2.05) is 66.7 Å². The largest absolute Gasteiger partial charge is 0.507 e. The van der Waals surface area contributed by atoms with E-state index < -0.39 is 0 Å². The van der Waals surface area contributed by atoms with Gasteiger partial charge in [-0.15, -0.1) is 0 Å². The van der Waals surface area contributed by atoms with E-state index in [0.717, 1.165) is 22.8 Å². The van der Waals surface area contributed by atoms with Gasteiger partial charge in [-0.1, -0.05) is 30.3 Å². The van der Waals surface area contributed by atoms with Gasteiger partial charge in [-0.25, -0.2) is 9.97 Å². The molecule has 4 aromatic rings. The fourth-order valence-corrected chi connectivity index (χ4v) is 2.65. The summed E-state index contributed by atoms with van der Waals surface area (Å²) in [5.74, 6) is 0.211. The van der Waals surface area contributed by atoms with Crippen molar-refractivity contribution in [1.29, 1.82) is 0 Å². The van der Waals surface area contributed by atoms with Gasteiger partial charge in [0.05, 0.1) is 28.5 Å². The fraction of sp³-hybridized carbons (Fsp3) is 0. The molecule has 0 aliphatic carbocycles. The number of pyridine rings is 3. The van der Waals surface area contributed by atoms with Gasteiger partial charge in [-0.3, -0.25) is 4.98 Å². The number of para-hydroxylation sites is 1. The van der Waals surface area contributed by atoms with E-state index in [2.05, 4.69) is 15.0 Å².